The molecule has 506 valence electrons. The molecular weight excluding hydrogens is 1200 g/mol. The Bertz CT molecular complexity index is 2930. The summed E-state index contributed by atoms with van der Waals surface area (Å²) in [7, 11) is 0. The van der Waals surface area contributed by atoms with Gasteiger partial charge in [0.15, 0.2) is 59.6 Å². The van der Waals surface area contributed by atoms with Gasteiger partial charge in [-0.2, -0.15) is 0 Å². The first-order valence-electron chi connectivity index (χ1n) is 28.7. The summed E-state index contributed by atoms with van der Waals surface area (Å²) in [6.07, 6.45) is -4.84. The van der Waals surface area contributed by atoms with Gasteiger partial charge in [-0.1, -0.05) is 0 Å². The van der Waals surface area contributed by atoms with E-state index in [4.69, 9.17) is 79.3 Å². The first kappa shape index (κ1) is 74.9. The van der Waals surface area contributed by atoms with Crippen LogP contribution in [0.2, 0.25) is 0 Å². The number of aliphatic hydroxyl groups is 2. The number of carboxylic acids is 1. The zero-order valence-electron chi connectivity index (χ0n) is 50.1. The van der Waals surface area contributed by atoms with Gasteiger partial charge in [-0.3, -0.25) is 68.1 Å². The van der Waals surface area contributed by atoms with Crippen LogP contribution in [0.3, 0.4) is 0 Å². The number of aliphatic carboxylic acids is 1. The fourth-order valence-electron chi connectivity index (χ4n) is 8.81. The highest BCUT2D eigenvalue weighted by atomic mass is 16.6. The van der Waals surface area contributed by atoms with Gasteiger partial charge < -0.3 is 132 Å². The molecule has 3 rings (SSSR count). The van der Waals surface area contributed by atoms with E-state index in [9.17, 15) is 53.7 Å². The average molecular weight is 1290 g/mol. The van der Waals surface area contributed by atoms with Crippen molar-refractivity contribution in [3.05, 3.63) is 12.7 Å². The molecule has 3 heterocycles. The molecule has 2 aromatic heterocycles. The highest BCUT2D eigenvalue weighted by Gasteiger charge is 2.48. The number of nitrogens with one attached hydrogen (secondary N) is 7. The number of imidazole rings is 1. The number of nitrogens with two attached hydrogens (primary N) is 13. The van der Waals surface area contributed by atoms with Crippen molar-refractivity contribution in [1.82, 2.24) is 56.7 Å². The van der Waals surface area contributed by atoms with Gasteiger partial charge in [-0.15, -0.1) is 0 Å². The highest BCUT2D eigenvalue weighted by molar-refractivity contribution is 5.97. The van der Waals surface area contributed by atoms with Gasteiger partial charge >= 0.3 is 5.97 Å². The van der Waals surface area contributed by atoms with Gasteiger partial charge in [0.25, 0.3) is 5.91 Å². The molecule has 1 saturated heterocycles. The van der Waals surface area contributed by atoms with Gasteiger partial charge in [0.2, 0.25) is 35.4 Å². The van der Waals surface area contributed by atoms with Crippen molar-refractivity contribution >= 4 is 100 Å². The predicted octanol–water partition coefficient (Wildman–Crippen LogP) is -11.2. The Kier molecular flexibility index (Phi) is 31.9. The number of nitrogens with zero attached hydrogens (tertiary/aromatic N) is 10. The molecule has 36 N–H and O–H groups in total. The van der Waals surface area contributed by atoms with Crippen LogP contribution < -0.4 is 112 Å². The van der Waals surface area contributed by atoms with E-state index in [0.717, 1.165) is 6.33 Å². The van der Waals surface area contributed by atoms with Crippen LogP contribution in [-0.4, -0.2) is 218 Å². The van der Waals surface area contributed by atoms with Gasteiger partial charge in [0, 0.05) is 52.2 Å². The number of rotatable bonds is 41. The van der Waals surface area contributed by atoms with E-state index in [2.05, 4.69) is 82.1 Å². The molecule has 10 atom stereocenters. The lowest BCUT2D eigenvalue weighted by molar-refractivity contribution is -0.142. The number of carbonyl (C=O) groups excluding carboxylic acids is 7. The SMILES string of the molecule is NC(N)=NCCC[C@@H](NC(=O)[C@@H](CCCN=C(N)N)NC(=O)[C@@H](CCCN=C(N)N)NC(=O)[C@@H](CCCN=C(N)N)NC(=O)[C@@H](CCCN=C(N)N)NC(=O)[C@@H](CCCN=C(N)N)NC(=O)CCNC(=O)[C@H]1OC(n2cnc3c(N)ncnc32)[C@H](O)[C@@H]1O)C(=O)O. The molecule has 0 spiro atoms. The average Bonchev–Trinajstić information content (AvgIpc) is 1.65. The minimum absolute atomic E-state index is 0.00254. The Hall–Kier alpha value is -10.4. The number of amides is 7. The van der Waals surface area contributed by atoms with Crippen LogP contribution in [0.5, 0.6) is 0 Å². The fourth-order valence-corrected chi connectivity index (χ4v) is 8.81. The number of carboxylic acid groups (broad SMARTS) is 1. The molecule has 1 unspecified atom stereocenters. The van der Waals surface area contributed by atoms with Crippen molar-refractivity contribution < 1.29 is 58.4 Å². The number of anilines is 1. The largest absolute Gasteiger partial charge is 0.480 e. The molecule has 1 fully saturated rings. The third-order valence-electron chi connectivity index (χ3n) is 13.3. The second-order valence-corrected chi connectivity index (χ2v) is 20.5. The molecule has 0 aliphatic carbocycles. The second kappa shape index (κ2) is 38.8. The van der Waals surface area contributed by atoms with Crippen LogP contribution in [0.15, 0.2) is 42.6 Å². The molecular formula is C49H88N30O12. The number of hydrogen-bond donors (Lipinski definition) is 23. The Labute approximate surface area is 521 Å². The van der Waals surface area contributed by atoms with E-state index in [1.807, 2.05) is 0 Å². The summed E-state index contributed by atoms with van der Waals surface area (Å²) in [5.41, 5.74) is 72.2. The van der Waals surface area contributed by atoms with Crippen LogP contribution >= 0.6 is 0 Å². The molecule has 0 saturated carbocycles. The monoisotopic (exact) mass is 1290 g/mol. The quantitative estimate of drug-likeness (QED) is 0.0167. The standard InChI is InChI=1S/C49H88N30O12/c50-34-30-35(71-21-70-34)79(22-72-30)42-32(82)31(81)33(91-42)41(88)63-20-13-29(80)73-23(7-1-14-64-44(51)52)36(83)74-24(8-2-15-65-45(53)54)37(84)75-25(9-3-16-66-46(55)56)38(85)76-26(10-4-17-67-47(57)58)39(86)77-27(11-5-18-68-48(59)60)40(87)78-28(43(89)90)12-6-19-69-49(61)62/h21-28,31-33,42,81-82H,1-20H2,(H,63,88)(H,73,80)(H,74,83)(H,75,84)(H,76,85)(H,77,86)(H,78,87)(H,89,90)(H2,50,70,71)(H4,51,52,64)(H4,53,54,65)(H4,55,56,66)(H4,57,58,67)(H4,59,60,68)(H4,61,62,69)/t23-,24-,25-,26-,27-,28-,31+,32-,33+,42?/m1/s1. The fraction of sp³-hybridized carbons (Fsp3) is 0.612. The van der Waals surface area contributed by atoms with E-state index in [-0.39, 0.29) is 176 Å². The maximum atomic E-state index is 14.6. The lowest BCUT2D eigenvalue weighted by Gasteiger charge is -2.27. The van der Waals surface area contributed by atoms with E-state index in [1.165, 1.54) is 10.9 Å². The summed E-state index contributed by atoms with van der Waals surface area (Å²) >= 11 is 0. The van der Waals surface area contributed by atoms with Gasteiger partial charge in [-0.25, -0.2) is 19.7 Å². The molecule has 0 bridgehead atoms. The van der Waals surface area contributed by atoms with Gasteiger partial charge in [-0.05, 0) is 77.0 Å². The molecule has 42 nitrogen and oxygen atoms in total. The Balaban J connectivity index is 1.92. The Morgan fingerprint density at radius 2 is 0.813 bits per heavy atom. The summed E-state index contributed by atoms with van der Waals surface area (Å²) < 4.78 is 6.99. The zero-order chi connectivity index (χ0) is 67.7. The number of ether oxygens (including phenoxy) is 1. The summed E-state index contributed by atoms with van der Waals surface area (Å²) in [6, 6.07) is -8.81. The predicted molar refractivity (Wildman–Crippen MR) is 332 cm³/mol. The van der Waals surface area contributed by atoms with Crippen molar-refractivity contribution in [1.29, 1.82) is 0 Å². The number of aliphatic imine (C=N–C) groups is 6. The van der Waals surface area contributed by atoms with E-state index in [0.29, 0.717) is 0 Å². The summed E-state index contributed by atoms with van der Waals surface area (Å²) in [5, 5.41) is 49.6. The third-order valence-corrected chi connectivity index (χ3v) is 13.3. The van der Waals surface area contributed by atoms with Crippen LogP contribution in [-0.2, 0) is 43.1 Å². The maximum absolute atomic E-state index is 14.6. The smallest absolute Gasteiger partial charge is 0.326 e. The van der Waals surface area contributed by atoms with Gasteiger partial charge in [0.1, 0.15) is 60.3 Å². The molecule has 0 radical (unpaired) electrons. The van der Waals surface area contributed by atoms with Crippen molar-refractivity contribution in [2.24, 2.45) is 98.8 Å². The van der Waals surface area contributed by atoms with Crippen LogP contribution in [0.1, 0.15) is 89.7 Å². The van der Waals surface area contributed by atoms with Crippen molar-refractivity contribution in [2.75, 3.05) is 51.5 Å². The molecule has 91 heavy (non-hydrogen) atoms. The van der Waals surface area contributed by atoms with Gasteiger partial charge in [0.05, 0.1) is 6.33 Å². The normalized spacial score (nSPS) is 16.9. The van der Waals surface area contributed by atoms with E-state index in [1.54, 1.807) is 0 Å². The van der Waals surface area contributed by atoms with E-state index < -0.39 is 115 Å². The lowest BCUT2D eigenvalue weighted by atomic mass is 10.0. The number of aromatic nitrogens is 4. The lowest BCUT2D eigenvalue weighted by Crippen LogP contribution is -2.59. The summed E-state index contributed by atoms with van der Waals surface area (Å²) in [4.78, 5) is 146. The molecule has 1 aliphatic heterocycles. The second-order valence-electron chi connectivity index (χ2n) is 20.5. The van der Waals surface area contributed by atoms with Crippen molar-refractivity contribution in [3.63, 3.8) is 0 Å². The number of carbonyl (C=O) groups is 8. The van der Waals surface area contributed by atoms with Crippen LogP contribution in [0.4, 0.5) is 5.82 Å². The number of nitrogen functional groups attached to an aromatic ring is 1. The number of guanidine groups is 6. The summed E-state index contributed by atoms with van der Waals surface area (Å²) in [5.74, 6) is -9.33. The maximum Gasteiger partial charge on any atom is 0.326 e. The third kappa shape index (κ3) is 27.3. The number of aliphatic hydroxyl groups excluding tert-OH is 2. The summed E-state index contributed by atoms with van der Waals surface area (Å²) in [6.45, 7) is -0.456. The Morgan fingerprint density at radius 3 is 1.15 bits per heavy atom. The minimum Gasteiger partial charge on any atom is -0.480 e. The van der Waals surface area contributed by atoms with Crippen molar-refractivity contribution in [2.45, 2.75) is 144 Å². The first-order valence-corrected chi connectivity index (χ1v) is 28.7. The highest BCUT2D eigenvalue weighted by Crippen LogP contribution is 2.32. The van der Waals surface area contributed by atoms with Crippen LogP contribution in [0, 0.1) is 0 Å². The Morgan fingerprint density at radius 1 is 0.484 bits per heavy atom. The molecule has 42 heteroatoms. The molecule has 1 aliphatic rings. The van der Waals surface area contributed by atoms with Crippen LogP contribution in [0.25, 0.3) is 11.2 Å². The molecule has 7 amide bonds. The number of hydrogen-bond acceptors (Lipinski definition) is 21. The topological polar surface area (TPSA) is 747 Å². The zero-order valence-corrected chi connectivity index (χ0v) is 50.1. The first-order chi connectivity index (χ1) is 43.1. The van der Waals surface area contributed by atoms with E-state index >= 15 is 0 Å². The number of fused-ring (bicyclic) bond motifs is 1. The molecule has 0 aromatic carbocycles. The molecule has 2 aromatic rings. The minimum atomic E-state index is -1.74. The van der Waals surface area contributed by atoms with Crippen molar-refractivity contribution in [3.8, 4) is 0 Å².